The van der Waals surface area contributed by atoms with Gasteiger partial charge in [0.1, 0.15) is 0 Å². The van der Waals surface area contributed by atoms with Crippen molar-refractivity contribution in [2.75, 3.05) is 19.6 Å². The number of halogens is 1. The highest BCUT2D eigenvalue weighted by molar-refractivity contribution is 9.09. The van der Waals surface area contributed by atoms with Gasteiger partial charge in [0.15, 0.2) is 0 Å². The molecule has 2 fully saturated rings. The first kappa shape index (κ1) is 13.8. The number of alkyl halides is 1. The van der Waals surface area contributed by atoms with E-state index in [1.54, 1.807) is 0 Å². The fourth-order valence-electron chi connectivity index (χ4n) is 4.68. The zero-order chi connectivity index (χ0) is 14.6. The molecule has 0 saturated carbocycles. The predicted octanol–water partition coefficient (Wildman–Crippen LogP) is 2.12. The van der Waals surface area contributed by atoms with Gasteiger partial charge in [-0.25, -0.2) is 0 Å². The van der Waals surface area contributed by atoms with Crippen molar-refractivity contribution in [3.63, 3.8) is 0 Å². The lowest BCUT2D eigenvalue weighted by atomic mass is 9.77. The second kappa shape index (κ2) is 5.13. The maximum absolute atomic E-state index is 11.9. The molecule has 4 atom stereocenters. The second-order valence-corrected chi connectivity index (χ2v) is 7.63. The van der Waals surface area contributed by atoms with E-state index >= 15 is 0 Å². The molecule has 3 aliphatic heterocycles. The fourth-order valence-corrected chi connectivity index (χ4v) is 5.51. The third-order valence-electron chi connectivity index (χ3n) is 5.49. The second-order valence-electron chi connectivity index (χ2n) is 6.57. The number of piperidine rings is 1. The quantitative estimate of drug-likeness (QED) is 0.709. The van der Waals surface area contributed by atoms with Crippen molar-refractivity contribution in [3.05, 3.63) is 22.9 Å². The molecule has 0 aromatic rings. The average molecular weight is 353 g/mol. The monoisotopic (exact) mass is 352 g/mol. The number of carbonyl (C=O) groups is 1. The van der Waals surface area contributed by atoms with Gasteiger partial charge < -0.3 is 15.3 Å². The van der Waals surface area contributed by atoms with Crippen molar-refractivity contribution in [2.24, 2.45) is 11.8 Å². The smallest absolute Gasteiger partial charge is 0.312 e. The van der Waals surface area contributed by atoms with Gasteiger partial charge in [0.25, 0.3) is 0 Å². The molecule has 0 spiro atoms. The lowest BCUT2D eigenvalue weighted by Gasteiger charge is -2.35. The van der Waals surface area contributed by atoms with Gasteiger partial charge in [0.05, 0.1) is 10.7 Å². The Kier molecular flexibility index (Phi) is 3.38. The molecule has 4 aliphatic rings. The molecule has 0 amide bonds. The van der Waals surface area contributed by atoms with Crippen LogP contribution >= 0.6 is 15.9 Å². The van der Waals surface area contributed by atoms with E-state index in [0.717, 1.165) is 32.5 Å². The minimum absolute atomic E-state index is 0.0654. The number of allylic oxidation sites excluding steroid dienone is 2. The molecular formula is C16H21BrN2O2. The highest BCUT2D eigenvalue weighted by Gasteiger charge is 2.50. The van der Waals surface area contributed by atoms with Gasteiger partial charge in [-0.05, 0) is 43.4 Å². The molecule has 0 aromatic heterocycles. The number of hydrogen-bond donors (Lipinski definition) is 2. The van der Waals surface area contributed by atoms with Crippen LogP contribution in [0.4, 0.5) is 0 Å². The Morgan fingerprint density at radius 3 is 3.10 bits per heavy atom. The summed E-state index contributed by atoms with van der Waals surface area (Å²) in [5.74, 6) is -0.721. The van der Waals surface area contributed by atoms with Crippen LogP contribution in [0.3, 0.4) is 0 Å². The molecule has 2 saturated heterocycles. The summed E-state index contributed by atoms with van der Waals surface area (Å²) >= 11 is 3.63. The highest BCUT2D eigenvalue weighted by atomic mass is 79.9. The molecule has 0 radical (unpaired) electrons. The van der Waals surface area contributed by atoms with Gasteiger partial charge >= 0.3 is 5.97 Å². The summed E-state index contributed by atoms with van der Waals surface area (Å²) in [6, 6.07) is 0.511. The molecule has 4 rings (SSSR count). The van der Waals surface area contributed by atoms with E-state index in [2.05, 4.69) is 32.2 Å². The van der Waals surface area contributed by atoms with Crippen molar-refractivity contribution >= 4 is 21.9 Å². The maximum atomic E-state index is 11.9. The average Bonchev–Trinajstić information content (AvgIpc) is 2.63. The van der Waals surface area contributed by atoms with Crippen molar-refractivity contribution in [3.8, 4) is 0 Å². The lowest BCUT2D eigenvalue weighted by molar-refractivity contribution is -0.140. The van der Waals surface area contributed by atoms with Crippen molar-refractivity contribution < 1.29 is 9.90 Å². The van der Waals surface area contributed by atoms with E-state index in [1.165, 1.54) is 29.7 Å². The minimum Gasteiger partial charge on any atom is -0.481 e. The number of carboxylic acids is 1. The Balaban J connectivity index is 1.86. The zero-order valence-electron chi connectivity index (χ0n) is 12.0. The van der Waals surface area contributed by atoms with Crippen LogP contribution in [0.5, 0.6) is 0 Å². The largest absolute Gasteiger partial charge is 0.481 e. The van der Waals surface area contributed by atoms with Gasteiger partial charge in [-0.15, -0.1) is 0 Å². The number of nitrogens with zero attached hydrogens (tertiary/aromatic N) is 1. The first-order valence-corrected chi connectivity index (χ1v) is 8.89. The molecule has 0 aromatic carbocycles. The normalized spacial score (nSPS) is 38.5. The zero-order valence-corrected chi connectivity index (χ0v) is 13.6. The van der Waals surface area contributed by atoms with E-state index in [1.807, 2.05) is 0 Å². The summed E-state index contributed by atoms with van der Waals surface area (Å²) in [7, 11) is 0. The molecular weight excluding hydrogens is 332 g/mol. The van der Waals surface area contributed by atoms with Crippen LogP contribution in [0.2, 0.25) is 0 Å². The van der Waals surface area contributed by atoms with Crippen molar-refractivity contribution in [1.29, 1.82) is 0 Å². The van der Waals surface area contributed by atoms with Gasteiger partial charge in [-0.2, -0.15) is 0 Å². The third-order valence-corrected chi connectivity index (χ3v) is 6.28. The summed E-state index contributed by atoms with van der Waals surface area (Å²) in [6.07, 6.45) is 6.82. The maximum Gasteiger partial charge on any atom is 0.312 e. The number of aliphatic carboxylic acids is 1. The van der Waals surface area contributed by atoms with E-state index in [0.29, 0.717) is 12.0 Å². The van der Waals surface area contributed by atoms with Gasteiger partial charge in [0.2, 0.25) is 0 Å². The Hall–Kier alpha value is -0.810. The molecule has 2 N–H and O–H groups in total. The van der Waals surface area contributed by atoms with Crippen molar-refractivity contribution in [2.45, 2.75) is 36.6 Å². The van der Waals surface area contributed by atoms with Crippen LogP contribution in [0.1, 0.15) is 25.7 Å². The minimum atomic E-state index is -0.690. The van der Waals surface area contributed by atoms with E-state index in [9.17, 15) is 9.90 Å². The molecule has 0 bridgehead atoms. The molecule has 114 valence electrons. The Labute approximate surface area is 133 Å². The first-order valence-electron chi connectivity index (χ1n) is 7.98. The molecule has 5 heteroatoms. The summed E-state index contributed by atoms with van der Waals surface area (Å²) in [6.45, 7) is 3.07. The van der Waals surface area contributed by atoms with Gasteiger partial charge in [0, 0.05) is 30.7 Å². The lowest BCUT2D eigenvalue weighted by Crippen LogP contribution is -2.46. The van der Waals surface area contributed by atoms with E-state index in [4.69, 9.17) is 0 Å². The fraction of sp³-hybridized carbons (Fsp3) is 0.688. The molecule has 2 unspecified atom stereocenters. The van der Waals surface area contributed by atoms with Gasteiger partial charge in [-0.1, -0.05) is 22.0 Å². The van der Waals surface area contributed by atoms with Crippen LogP contribution in [-0.2, 0) is 4.79 Å². The predicted molar refractivity (Wildman–Crippen MR) is 84.3 cm³/mol. The van der Waals surface area contributed by atoms with Gasteiger partial charge in [-0.3, -0.25) is 4.79 Å². The highest BCUT2D eigenvalue weighted by Crippen LogP contribution is 2.50. The van der Waals surface area contributed by atoms with Crippen LogP contribution in [0, 0.1) is 11.8 Å². The standard InChI is InChI=1S/C16H21BrN2O2/c17-11-7-9-3-1-2-6-19-12-4-5-18-8-10(12)13(15(9)19)14(11)16(20)21/h7,10-12,14,18H,1-6,8H2,(H,20,21)/t10-,11?,12+,14?/m1/s1. The Bertz CT molecular complexity index is 542. The number of carboxylic acid groups (broad SMARTS) is 1. The molecule has 1 aliphatic carbocycles. The van der Waals surface area contributed by atoms with Crippen LogP contribution < -0.4 is 5.32 Å². The molecule has 4 nitrogen and oxygen atoms in total. The number of rotatable bonds is 1. The molecule has 21 heavy (non-hydrogen) atoms. The summed E-state index contributed by atoms with van der Waals surface area (Å²) < 4.78 is 0. The topological polar surface area (TPSA) is 52.6 Å². The SMILES string of the molecule is O=C(O)C1C2=C3C(=CC1Br)CCCCN3[C@H]1CCNC[C@@H]21. The first-order chi connectivity index (χ1) is 10.2. The number of nitrogens with one attached hydrogen (secondary N) is 1. The van der Waals surface area contributed by atoms with Crippen LogP contribution in [0.15, 0.2) is 22.9 Å². The number of fused-ring (bicyclic) bond motifs is 3. The third kappa shape index (κ3) is 2.00. The molecule has 3 heterocycles. The summed E-state index contributed by atoms with van der Waals surface area (Å²) in [5.41, 5.74) is 3.88. The number of hydrogen-bond acceptors (Lipinski definition) is 3. The van der Waals surface area contributed by atoms with E-state index < -0.39 is 11.9 Å². The Morgan fingerprint density at radius 1 is 1.43 bits per heavy atom. The summed E-state index contributed by atoms with van der Waals surface area (Å²) in [4.78, 5) is 14.3. The Morgan fingerprint density at radius 2 is 2.29 bits per heavy atom. The van der Waals surface area contributed by atoms with E-state index in [-0.39, 0.29) is 4.83 Å². The van der Waals surface area contributed by atoms with Crippen molar-refractivity contribution in [1.82, 2.24) is 10.2 Å². The van der Waals surface area contributed by atoms with Crippen LogP contribution in [0.25, 0.3) is 0 Å². The summed E-state index contributed by atoms with van der Waals surface area (Å²) in [5, 5.41) is 13.2. The van der Waals surface area contributed by atoms with Crippen LogP contribution in [-0.4, -0.2) is 46.5 Å².